The minimum Gasteiger partial charge on any atom is -0.457 e. The van der Waals surface area contributed by atoms with Crippen molar-refractivity contribution < 1.29 is 44.2 Å². The predicted octanol–water partition coefficient (Wildman–Crippen LogP) is 6.24. The summed E-state index contributed by atoms with van der Waals surface area (Å²) in [4.78, 5) is 12.6. The third kappa shape index (κ3) is 21.1. The number of aliphatic hydroxyl groups is 4. The first-order valence-corrected chi connectivity index (χ1v) is 17.7. The first-order chi connectivity index (χ1) is 22.4. The van der Waals surface area contributed by atoms with Crippen molar-refractivity contribution in [2.45, 2.75) is 153 Å². The van der Waals surface area contributed by atoms with Gasteiger partial charge in [0.25, 0.3) is 0 Å². The van der Waals surface area contributed by atoms with E-state index in [4.69, 9.17) is 18.9 Å². The molecule has 0 aromatic rings. The first kappa shape index (κ1) is 42.2. The highest BCUT2D eigenvalue weighted by molar-refractivity contribution is 5.69. The SMILES string of the molecule is CC/C=C\C/C=C\C/C=C\C/C=C\CCCCC(=O)OC(COCCCCCCCCCC)COC1OC(CO)C(O)C(O)C1O. The minimum absolute atomic E-state index is 0.127. The van der Waals surface area contributed by atoms with Crippen LogP contribution >= 0.6 is 0 Å². The van der Waals surface area contributed by atoms with Crippen LogP contribution in [0.4, 0.5) is 0 Å². The van der Waals surface area contributed by atoms with E-state index in [9.17, 15) is 25.2 Å². The van der Waals surface area contributed by atoms with Gasteiger partial charge >= 0.3 is 5.97 Å². The summed E-state index contributed by atoms with van der Waals surface area (Å²) in [7, 11) is 0. The second kappa shape index (κ2) is 29.3. The smallest absolute Gasteiger partial charge is 0.306 e. The van der Waals surface area contributed by atoms with Crippen LogP contribution in [0, 0.1) is 0 Å². The Bertz CT molecular complexity index is 839. The van der Waals surface area contributed by atoms with Crippen molar-refractivity contribution in [1.82, 2.24) is 0 Å². The fourth-order valence-corrected chi connectivity index (χ4v) is 4.95. The molecule has 6 atom stereocenters. The van der Waals surface area contributed by atoms with Gasteiger partial charge in [-0.3, -0.25) is 4.79 Å². The van der Waals surface area contributed by atoms with E-state index in [1.54, 1.807) is 0 Å². The van der Waals surface area contributed by atoms with Gasteiger partial charge < -0.3 is 39.4 Å². The zero-order valence-electron chi connectivity index (χ0n) is 28.6. The van der Waals surface area contributed by atoms with Crippen molar-refractivity contribution >= 4 is 5.97 Å². The highest BCUT2D eigenvalue weighted by Gasteiger charge is 2.44. The highest BCUT2D eigenvalue weighted by Crippen LogP contribution is 2.22. The van der Waals surface area contributed by atoms with Crippen molar-refractivity contribution in [1.29, 1.82) is 0 Å². The lowest BCUT2D eigenvalue weighted by Gasteiger charge is -2.39. The number of hydrogen-bond acceptors (Lipinski definition) is 9. The summed E-state index contributed by atoms with van der Waals surface area (Å²) in [5.41, 5.74) is 0. The maximum absolute atomic E-state index is 12.6. The average molecular weight is 653 g/mol. The summed E-state index contributed by atoms with van der Waals surface area (Å²) in [6.07, 6.45) is 25.7. The van der Waals surface area contributed by atoms with Gasteiger partial charge in [0.15, 0.2) is 6.29 Å². The van der Waals surface area contributed by atoms with Crippen LogP contribution < -0.4 is 0 Å². The highest BCUT2D eigenvalue weighted by atomic mass is 16.7. The van der Waals surface area contributed by atoms with E-state index < -0.39 is 43.4 Å². The van der Waals surface area contributed by atoms with Gasteiger partial charge in [0.1, 0.15) is 30.5 Å². The Kier molecular flexibility index (Phi) is 26.9. The molecule has 0 aromatic carbocycles. The van der Waals surface area contributed by atoms with E-state index in [0.717, 1.165) is 51.4 Å². The average Bonchev–Trinajstić information content (AvgIpc) is 3.05. The van der Waals surface area contributed by atoms with E-state index in [1.807, 2.05) is 0 Å². The molecule has 0 amide bonds. The van der Waals surface area contributed by atoms with Crippen molar-refractivity contribution in [3.8, 4) is 0 Å². The number of hydrogen-bond donors (Lipinski definition) is 4. The Hall–Kier alpha value is -1.85. The van der Waals surface area contributed by atoms with Crippen LogP contribution in [0.25, 0.3) is 0 Å². The van der Waals surface area contributed by atoms with Crippen LogP contribution in [0.2, 0.25) is 0 Å². The molecule has 9 heteroatoms. The molecule has 1 fully saturated rings. The van der Waals surface area contributed by atoms with Crippen molar-refractivity contribution in [2.24, 2.45) is 0 Å². The first-order valence-electron chi connectivity index (χ1n) is 17.7. The molecule has 0 radical (unpaired) electrons. The predicted molar refractivity (Wildman–Crippen MR) is 182 cm³/mol. The van der Waals surface area contributed by atoms with Gasteiger partial charge in [-0.05, 0) is 51.4 Å². The summed E-state index contributed by atoms with van der Waals surface area (Å²) >= 11 is 0. The summed E-state index contributed by atoms with van der Waals surface area (Å²) in [5, 5.41) is 39.8. The van der Waals surface area contributed by atoms with Crippen LogP contribution in [0.1, 0.15) is 117 Å². The van der Waals surface area contributed by atoms with Crippen LogP contribution in [0.5, 0.6) is 0 Å². The molecular formula is C37H64O9. The number of allylic oxidation sites excluding steroid dienone is 8. The van der Waals surface area contributed by atoms with Gasteiger partial charge in [0.05, 0.1) is 19.8 Å². The Morgan fingerprint density at radius 2 is 1.33 bits per heavy atom. The quantitative estimate of drug-likeness (QED) is 0.0440. The largest absolute Gasteiger partial charge is 0.457 e. The summed E-state index contributed by atoms with van der Waals surface area (Å²) < 4.78 is 22.5. The number of carbonyl (C=O) groups excluding carboxylic acids is 1. The van der Waals surface area contributed by atoms with Gasteiger partial charge in [0, 0.05) is 13.0 Å². The summed E-state index contributed by atoms with van der Waals surface area (Å²) in [6.45, 7) is 4.33. The van der Waals surface area contributed by atoms with Gasteiger partial charge in [-0.25, -0.2) is 0 Å². The molecule has 4 N–H and O–H groups in total. The van der Waals surface area contributed by atoms with E-state index in [2.05, 4.69) is 62.5 Å². The second-order valence-corrected chi connectivity index (χ2v) is 11.9. The molecule has 1 heterocycles. The van der Waals surface area contributed by atoms with Gasteiger partial charge in [-0.2, -0.15) is 0 Å². The number of esters is 1. The number of rotatable bonds is 28. The Morgan fingerprint density at radius 1 is 0.717 bits per heavy atom. The van der Waals surface area contributed by atoms with E-state index in [0.29, 0.717) is 13.0 Å². The van der Waals surface area contributed by atoms with Gasteiger partial charge in [-0.1, -0.05) is 107 Å². The molecule has 1 aliphatic heterocycles. The lowest BCUT2D eigenvalue weighted by Crippen LogP contribution is -2.59. The van der Waals surface area contributed by atoms with E-state index in [1.165, 1.54) is 38.5 Å². The lowest BCUT2D eigenvalue weighted by molar-refractivity contribution is -0.305. The molecule has 0 aliphatic carbocycles. The Labute approximate surface area is 278 Å². The second-order valence-electron chi connectivity index (χ2n) is 11.9. The number of aliphatic hydroxyl groups excluding tert-OH is 4. The normalized spacial score (nSPS) is 23.0. The van der Waals surface area contributed by atoms with Crippen LogP contribution in [-0.2, 0) is 23.7 Å². The fourth-order valence-electron chi connectivity index (χ4n) is 4.95. The zero-order valence-corrected chi connectivity index (χ0v) is 28.6. The third-order valence-electron chi connectivity index (χ3n) is 7.76. The molecule has 266 valence electrons. The Morgan fingerprint density at radius 3 is 1.96 bits per heavy atom. The van der Waals surface area contributed by atoms with Gasteiger partial charge in [0.2, 0.25) is 0 Å². The molecule has 0 aromatic heterocycles. The fraction of sp³-hybridized carbons (Fsp3) is 0.757. The maximum atomic E-state index is 12.6. The third-order valence-corrected chi connectivity index (χ3v) is 7.76. The zero-order chi connectivity index (χ0) is 33.7. The molecule has 0 spiro atoms. The Balaban J connectivity index is 2.40. The standard InChI is InChI=1S/C37H64O9/c1-3-5-7-9-11-13-14-15-16-17-18-19-20-22-24-26-33(39)45-31(29-43-27-25-23-21-12-10-8-6-4-2)30-44-37-36(42)35(41)34(40)32(28-38)46-37/h5,7,11,13,15-16,18-19,31-32,34-38,40-42H,3-4,6,8-10,12,14,17,20-30H2,1-2H3/b7-5-,13-11-,16-15-,19-18-. The number of unbranched alkanes of at least 4 members (excludes halogenated alkanes) is 9. The van der Waals surface area contributed by atoms with Gasteiger partial charge in [-0.15, -0.1) is 0 Å². The van der Waals surface area contributed by atoms with Crippen molar-refractivity contribution in [2.75, 3.05) is 26.4 Å². The number of ether oxygens (including phenoxy) is 4. The van der Waals surface area contributed by atoms with Crippen molar-refractivity contribution in [3.63, 3.8) is 0 Å². The van der Waals surface area contributed by atoms with Crippen LogP contribution in [0.3, 0.4) is 0 Å². The number of carbonyl (C=O) groups is 1. The molecule has 9 nitrogen and oxygen atoms in total. The summed E-state index contributed by atoms with van der Waals surface area (Å²) in [6, 6.07) is 0. The summed E-state index contributed by atoms with van der Waals surface area (Å²) in [5.74, 6) is -0.358. The van der Waals surface area contributed by atoms with Crippen molar-refractivity contribution in [3.05, 3.63) is 48.6 Å². The molecular weight excluding hydrogens is 588 g/mol. The lowest BCUT2D eigenvalue weighted by atomic mass is 9.99. The molecule has 0 saturated carbocycles. The minimum atomic E-state index is -1.54. The molecule has 46 heavy (non-hydrogen) atoms. The molecule has 1 rings (SSSR count). The van der Waals surface area contributed by atoms with Crippen LogP contribution in [-0.4, -0.2) is 89.6 Å². The van der Waals surface area contributed by atoms with E-state index in [-0.39, 0.29) is 25.6 Å². The molecule has 0 bridgehead atoms. The maximum Gasteiger partial charge on any atom is 0.306 e. The van der Waals surface area contributed by atoms with Crippen LogP contribution in [0.15, 0.2) is 48.6 Å². The molecule has 6 unspecified atom stereocenters. The topological polar surface area (TPSA) is 135 Å². The molecule has 1 aliphatic rings. The molecule has 1 saturated heterocycles. The monoisotopic (exact) mass is 652 g/mol. The van der Waals surface area contributed by atoms with E-state index >= 15 is 0 Å².